The largest absolute Gasteiger partial charge is 0.378 e. The summed E-state index contributed by atoms with van der Waals surface area (Å²) in [5.41, 5.74) is 5.95. The van der Waals surface area contributed by atoms with Crippen molar-refractivity contribution in [3.05, 3.63) is 36.2 Å². The molecule has 1 aromatic carbocycles. The van der Waals surface area contributed by atoms with Gasteiger partial charge in [0, 0.05) is 47.5 Å². The zero-order valence-corrected chi connectivity index (χ0v) is 25.4. The molecule has 3 aromatic rings. The Morgan fingerprint density at radius 2 is 1.77 bits per heavy atom. The molecule has 6 aliphatic rings. The van der Waals surface area contributed by atoms with Gasteiger partial charge in [-0.05, 0) is 96.0 Å². The van der Waals surface area contributed by atoms with Crippen molar-refractivity contribution in [1.29, 1.82) is 0 Å². The Morgan fingerprint density at radius 3 is 2.49 bits per heavy atom. The third kappa shape index (κ3) is 4.03. The van der Waals surface area contributed by atoms with Crippen LogP contribution in [0.4, 0.5) is 11.5 Å². The topological polar surface area (TPSA) is 87.6 Å². The second-order valence-corrected chi connectivity index (χ2v) is 14.3. The molecule has 1 spiro atoms. The predicted octanol–water partition coefficient (Wildman–Crippen LogP) is 4.62. The highest BCUT2D eigenvalue weighted by atomic mass is 16.5. The lowest BCUT2D eigenvalue weighted by Crippen LogP contribution is -2.61. The predicted molar refractivity (Wildman–Crippen MR) is 168 cm³/mol. The van der Waals surface area contributed by atoms with Gasteiger partial charge in [-0.15, -0.1) is 0 Å². The quantitative estimate of drug-likeness (QED) is 0.440. The van der Waals surface area contributed by atoms with Gasteiger partial charge in [0.15, 0.2) is 5.82 Å². The number of fused-ring (bicyclic) bond motifs is 5. The maximum atomic E-state index is 14.5. The zero-order valence-electron chi connectivity index (χ0n) is 25.4. The number of carbonyl (C=O) groups excluding carboxylic acids is 1. The van der Waals surface area contributed by atoms with Crippen molar-refractivity contribution >= 4 is 28.4 Å². The summed E-state index contributed by atoms with van der Waals surface area (Å²) < 4.78 is 8.09. The number of hydrogen-bond donors (Lipinski definition) is 2. The van der Waals surface area contributed by atoms with Crippen LogP contribution in [0.1, 0.15) is 76.8 Å². The molecule has 4 aliphatic heterocycles. The number of piperidine rings is 1. The van der Waals surface area contributed by atoms with Gasteiger partial charge in [-0.25, -0.2) is 9.97 Å². The summed E-state index contributed by atoms with van der Waals surface area (Å²) in [6.07, 6.45) is 10.7. The third-order valence-electron chi connectivity index (χ3n) is 11.4. The lowest BCUT2D eigenvalue weighted by Gasteiger charge is -2.50. The van der Waals surface area contributed by atoms with E-state index in [0.717, 1.165) is 85.8 Å². The molecule has 3 saturated heterocycles. The van der Waals surface area contributed by atoms with E-state index >= 15 is 0 Å². The van der Waals surface area contributed by atoms with Gasteiger partial charge >= 0.3 is 0 Å². The summed E-state index contributed by atoms with van der Waals surface area (Å²) in [6.45, 7) is 7.89. The number of aromatic nitrogens is 3. The van der Waals surface area contributed by atoms with Crippen molar-refractivity contribution in [1.82, 2.24) is 24.8 Å². The molecule has 43 heavy (non-hydrogen) atoms. The molecule has 9 rings (SSSR count). The van der Waals surface area contributed by atoms with Gasteiger partial charge < -0.3 is 24.8 Å². The monoisotopic (exact) mass is 581 g/mol. The van der Waals surface area contributed by atoms with Crippen molar-refractivity contribution in [2.75, 3.05) is 36.5 Å². The second kappa shape index (κ2) is 9.74. The molecule has 2 atom stereocenters. The van der Waals surface area contributed by atoms with Crippen molar-refractivity contribution in [3.63, 3.8) is 0 Å². The smallest absolute Gasteiger partial charge is 0.238 e. The average molecular weight is 582 g/mol. The van der Waals surface area contributed by atoms with Gasteiger partial charge in [-0.2, -0.15) is 0 Å². The van der Waals surface area contributed by atoms with Gasteiger partial charge in [0.25, 0.3) is 0 Å². The summed E-state index contributed by atoms with van der Waals surface area (Å²) in [5, 5.41) is 7.19. The molecule has 2 bridgehead atoms. The van der Waals surface area contributed by atoms with E-state index in [4.69, 9.17) is 14.7 Å². The van der Waals surface area contributed by atoms with E-state index in [9.17, 15) is 4.79 Å². The van der Waals surface area contributed by atoms with E-state index < -0.39 is 5.41 Å². The summed E-state index contributed by atoms with van der Waals surface area (Å²) in [4.78, 5) is 29.5. The number of nitrogens with one attached hydrogen (secondary N) is 2. The average Bonchev–Trinajstić information content (AvgIpc) is 3.59. The number of amides is 1. The number of nitrogens with zero attached hydrogens (tertiary/aromatic N) is 5. The third-order valence-corrected chi connectivity index (χ3v) is 11.4. The fourth-order valence-corrected chi connectivity index (χ4v) is 8.84. The van der Waals surface area contributed by atoms with Gasteiger partial charge in [0.2, 0.25) is 5.91 Å². The molecule has 9 nitrogen and oxygen atoms in total. The first-order valence-corrected chi connectivity index (χ1v) is 16.7. The number of ether oxygens (including phenoxy) is 1. The molecule has 9 heteroatoms. The van der Waals surface area contributed by atoms with Gasteiger partial charge in [0.1, 0.15) is 5.52 Å². The molecule has 2 aliphatic carbocycles. The molecular weight excluding hydrogens is 538 g/mol. The highest BCUT2D eigenvalue weighted by Crippen LogP contribution is 2.52. The van der Waals surface area contributed by atoms with Crippen LogP contribution in [0, 0.1) is 0 Å². The molecule has 2 N–H and O–H groups in total. The van der Waals surface area contributed by atoms with Crippen molar-refractivity contribution in [2.45, 2.75) is 107 Å². The minimum atomic E-state index is -0.408. The Hall–Kier alpha value is -3.01. The van der Waals surface area contributed by atoms with E-state index in [1.54, 1.807) is 0 Å². The first-order chi connectivity index (χ1) is 21.0. The zero-order chi connectivity index (χ0) is 28.9. The first kappa shape index (κ1) is 26.4. The lowest BCUT2D eigenvalue weighted by atomic mass is 9.74. The van der Waals surface area contributed by atoms with Crippen LogP contribution in [0.2, 0.25) is 0 Å². The normalized spacial score (nSPS) is 29.9. The second-order valence-electron chi connectivity index (χ2n) is 14.3. The number of pyridine rings is 1. The van der Waals surface area contributed by atoms with Gasteiger partial charge in [-0.1, -0.05) is 12.1 Å². The minimum absolute atomic E-state index is 0.257. The molecule has 0 radical (unpaired) electrons. The lowest BCUT2D eigenvalue weighted by molar-refractivity contribution is -0.125. The molecule has 2 unspecified atom stereocenters. The van der Waals surface area contributed by atoms with E-state index in [1.807, 2.05) is 6.33 Å². The SMILES string of the molecule is CC(C)n1cnc2cc(-c3ccc4c(c3)N([C@H]3C[C@@H](N5C6CCC5COC6)C3)C(=O)C43CCNCC3)nc(NC3CC3)c21. The standard InChI is InChI=1S/C34H43N7O2/c1-20(2)39-19-36-29-16-28(38-32(31(29)39)37-22-4-5-22)21-3-8-27-30(13-21)41(33(42)34(27)9-11-35-12-10-34)26-14-25(15-26)40-23-6-7-24(40)18-43-17-23/h3,8,13,16,19-20,22-26,35H,4-7,9-12,14-15,17-18H2,1-2H3,(H,37,38)/t23?,24?,25-,26+. The number of hydrogen-bond acceptors (Lipinski definition) is 7. The summed E-state index contributed by atoms with van der Waals surface area (Å²) in [7, 11) is 0. The van der Waals surface area contributed by atoms with Crippen molar-refractivity contribution in [3.8, 4) is 11.3 Å². The molecule has 5 fully saturated rings. The molecule has 1 amide bonds. The fourth-order valence-electron chi connectivity index (χ4n) is 8.84. The van der Waals surface area contributed by atoms with Crippen LogP contribution >= 0.6 is 0 Å². The summed E-state index contributed by atoms with van der Waals surface area (Å²) >= 11 is 0. The minimum Gasteiger partial charge on any atom is -0.378 e. The highest BCUT2D eigenvalue weighted by molar-refractivity contribution is 6.09. The van der Waals surface area contributed by atoms with E-state index in [0.29, 0.717) is 36.1 Å². The highest BCUT2D eigenvalue weighted by Gasteiger charge is 2.56. The summed E-state index contributed by atoms with van der Waals surface area (Å²) in [5.74, 6) is 1.25. The van der Waals surface area contributed by atoms with E-state index in [1.165, 1.54) is 31.2 Å². The Balaban J connectivity index is 1.09. The van der Waals surface area contributed by atoms with Crippen LogP contribution < -0.4 is 15.5 Å². The molecule has 226 valence electrons. The van der Waals surface area contributed by atoms with Crippen molar-refractivity contribution in [2.24, 2.45) is 0 Å². The van der Waals surface area contributed by atoms with Crippen LogP contribution in [0.3, 0.4) is 0 Å². The van der Waals surface area contributed by atoms with E-state index in [-0.39, 0.29) is 6.04 Å². The number of anilines is 2. The number of morpholine rings is 1. The van der Waals surface area contributed by atoms with Crippen molar-refractivity contribution < 1.29 is 9.53 Å². The number of imidazole rings is 1. The molecule has 2 saturated carbocycles. The van der Waals surface area contributed by atoms with Crippen LogP contribution in [0.25, 0.3) is 22.3 Å². The maximum absolute atomic E-state index is 14.5. The van der Waals surface area contributed by atoms with E-state index in [2.05, 4.69) is 63.1 Å². The molecule has 6 heterocycles. The first-order valence-electron chi connectivity index (χ1n) is 16.7. The Labute approximate surface area is 253 Å². The van der Waals surface area contributed by atoms with Crippen LogP contribution in [0.5, 0.6) is 0 Å². The van der Waals surface area contributed by atoms with Gasteiger partial charge in [-0.3, -0.25) is 9.69 Å². The van der Waals surface area contributed by atoms with Crippen LogP contribution in [-0.4, -0.2) is 81.9 Å². The summed E-state index contributed by atoms with van der Waals surface area (Å²) in [6, 6.07) is 11.6. The Kier molecular flexibility index (Phi) is 5.98. The Bertz CT molecular complexity index is 1570. The fraction of sp³-hybridized carbons (Fsp3) is 0.618. The number of benzene rings is 1. The molecular formula is C34H43N7O2. The number of rotatable bonds is 6. The van der Waals surface area contributed by atoms with Crippen LogP contribution in [-0.2, 0) is 14.9 Å². The maximum Gasteiger partial charge on any atom is 0.238 e. The Morgan fingerprint density at radius 1 is 1.00 bits per heavy atom. The van der Waals surface area contributed by atoms with Crippen LogP contribution in [0.15, 0.2) is 30.6 Å². The van der Waals surface area contributed by atoms with Gasteiger partial charge in [0.05, 0.1) is 36.2 Å². The molecule has 2 aromatic heterocycles. The number of carbonyl (C=O) groups is 1.